The van der Waals surface area contributed by atoms with Crippen LogP contribution in [0, 0.1) is 0 Å². The number of hydrogen-bond donors (Lipinski definition) is 0. The molecule has 0 aliphatic heterocycles. The van der Waals surface area contributed by atoms with Crippen molar-refractivity contribution in [1.29, 1.82) is 0 Å². The molecule has 0 aromatic heterocycles. The van der Waals surface area contributed by atoms with Crippen molar-refractivity contribution in [3.8, 4) is 5.75 Å². The molecule has 0 radical (unpaired) electrons. The summed E-state index contributed by atoms with van der Waals surface area (Å²) in [6.07, 6.45) is 3.52. The monoisotopic (exact) mass is 228 g/mol. The third kappa shape index (κ3) is 3.95. The number of ether oxygens (including phenoxy) is 1. The molecule has 90 valence electrons. The van der Waals surface area contributed by atoms with Crippen LogP contribution < -0.4 is 4.74 Å². The first kappa shape index (κ1) is 13.3. The number of benzene rings is 1. The van der Waals surface area contributed by atoms with Gasteiger partial charge in [-0.3, -0.25) is 0 Å². The van der Waals surface area contributed by atoms with Gasteiger partial charge in [-0.1, -0.05) is 45.2 Å². The van der Waals surface area contributed by atoms with Crippen molar-refractivity contribution in [3.05, 3.63) is 66.5 Å². The SMILES string of the molecule is C=C/C=C(/Oc1ccc(C(C)C)cc1)C(=C)C. The molecule has 1 heteroatoms. The van der Waals surface area contributed by atoms with Crippen molar-refractivity contribution in [2.75, 3.05) is 0 Å². The van der Waals surface area contributed by atoms with Crippen molar-refractivity contribution in [2.24, 2.45) is 0 Å². The van der Waals surface area contributed by atoms with Crippen LogP contribution in [0.25, 0.3) is 0 Å². The number of rotatable bonds is 5. The highest BCUT2D eigenvalue weighted by Gasteiger charge is 2.02. The predicted molar refractivity (Wildman–Crippen MR) is 74.3 cm³/mol. The fraction of sp³-hybridized carbons (Fsp3) is 0.250. The highest BCUT2D eigenvalue weighted by molar-refractivity contribution is 5.34. The molecule has 17 heavy (non-hydrogen) atoms. The van der Waals surface area contributed by atoms with Crippen molar-refractivity contribution < 1.29 is 4.74 Å². The van der Waals surface area contributed by atoms with E-state index in [1.165, 1.54) is 5.56 Å². The number of allylic oxidation sites excluding steroid dienone is 3. The summed E-state index contributed by atoms with van der Waals surface area (Å²) in [5, 5.41) is 0. The minimum absolute atomic E-state index is 0.536. The van der Waals surface area contributed by atoms with Crippen LogP contribution in [-0.4, -0.2) is 0 Å². The van der Waals surface area contributed by atoms with Crippen LogP contribution >= 0.6 is 0 Å². The largest absolute Gasteiger partial charge is 0.457 e. The fourth-order valence-electron chi connectivity index (χ4n) is 1.42. The molecule has 0 spiro atoms. The Morgan fingerprint density at radius 1 is 1.24 bits per heavy atom. The summed E-state index contributed by atoms with van der Waals surface area (Å²) in [5.41, 5.74) is 2.19. The van der Waals surface area contributed by atoms with Crippen LogP contribution in [0.1, 0.15) is 32.3 Å². The molecule has 0 saturated heterocycles. The van der Waals surface area contributed by atoms with E-state index in [0.29, 0.717) is 5.92 Å². The van der Waals surface area contributed by atoms with Crippen LogP contribution in [0.4, 0.5) is 0 Å². The molecular formula is C16H20O. The molecule has 0 fully saturated rings. The molecule has 1 aromatic rings. The summed E-state index contributed by atoms with van der Waals surface area (Å²) in [5.74, 6) is 2.11. The first-order valence-corrected chi connectivity index (χ1v) is 5.81. The Balaban J connectivity index is 2.84. The van der Waals surface area contributed by atoms with E-state index in [2.05, 4.69) is 39.1 Å². The maximum atomic E-state index is 5.74. The molecule has 0 N–H and O–H groups in total. The van der Waals surface area contributed by atoms with E-state index in [-0.39, 0.29) is 0 Å². The Morgan fingerprint density at radius 3 is 2.24 bits per heavy atom. The van der Waals surface area contributed by atoms with Gasteiger partial charge in [0.2, 0.25) is 0 Å². The molecule has 0 atom stereocenters. The van der Waals surface area contributed by atoms with E-state index < -0.39 is 0 Å². The Hall–Kier alpha value is -1.76. The average Bonchev–Trinajstić information content (AvgIpc) is 2.29. The van der Waals surface area contributed by atoms with Gasteiger partial charge < -0.3 is 4.74 Å². The molecular weight excluding hydrogens is 208 g/mol. The molecule has 0 bridgehead atoms. The van der Waals surface area contributed by atoms with Crippen LogP contribution in [0.2, 0.25) is 0 Å². The second-order valence-corrected chi connectivity index (χ2v) is 4.37. The molecule has 1 rings (SSSR count). The first-order valence-electron chi connectivity index (χ1n) is 5.81. The summed E-state index contributed by atoms with van der Waals surface area (Å²) >= 11 is 0. The summed E-state index contributed by atoms with van der Waals surface area (Å²) in [6, 6.07) is 8.14. The van der Waals surface area contributed by atoms with E-state index >= 15 is 0 Å². The van der Waals surface area contributed by atoms with E-state index in [0.717, 1.165) is 17.1 Å². The zero-order valence-electron chi connectivity index (χ0n) is 10.9. The Bertz CT molecular complexity index is 421. The molecule has 0 aliphatic rings. The minimum atomic E-state index is 0.536. The molecule has 0 saturated carbocycles. The van der Waals surface area contributed by atoms with Gasteiger partial charge in [0.15, 0.2) is 0 Å². The van der Waals surface area contributed by atoms with Gasteiger partial charge in [-0.2, -0.15) is 0 Å². The molecule has 0 unspecified atom stereocenters. The molecule has 0 heterocycles. The highest BCUT2D eigenvalue weighted by atomic mass is 16.5. The molecule has 0 aliphatic carbocycles. The van der Waals surface area contributed by atoms with E-state index in [4.69, 9.17) is 4.74 Å². The lowest BCUT2D eigenvalue weighted by Gasteiger charge is -2.11. The molecule has 1 nitrogen and oxygen atoms in total. The lowest BCUT2D eigenvalue weighted by atomic mass is 10.0. The second-order valence-electron chi connectivity index (χ2n) is 4.37. The maximum Gasteiger partial charge on any atom is 0.129 e. The van der Waals surface area contributed by atoms with Gasteiger partial charge in [-0.05, 0) is 42.2 Å². The summed E-state index contributed by atoms with van der Waals surface area (Å²) in [4.78, 5) is 0. The van der Waals surface area contributed by atoms with Crippen molar-refractivity contribution >= 4 is 0 Å². The van der Waals surface area contributed by atoms with Gasteiger partial charge in [0.25, 0.3) is 0 Å². The third-order valence-corrected chi connectivity index (χ3v) is 2.46. The summed E-state index contributed by atoms with van der Waals surface area (Å²) in [7, 11) is 0. The summed E-state index contributed by atoms with van der Waals surface area (Å²) < 4.78 is 5.74. The van der Waals surface area contributed by atoms with Crippen LogP contribution in [-0.2, 0) is 0 Å². The first-order chi connectivity index (χ1) is 8.04. The third-order valence-electron chi connectivity index (χ3n) is 2.46. The van der Waals surface area contributed by atoms with Crippen molar-refractivity contribution in [3.63, 3.8) is 0 Å². The van der Waals surface area contributed by atoms with Gasteiger partial charge >= 0.3 is 0 Å². The Kier molecular flexibility index (Phi) is 4.77. The van der Waals surface area contributed by atoms with Gasteiger partial charge in [0.1, 0.15) is 11.5 Å². The molecule has 1 aromatic carbocycles. The Morgan fingerprint density at radius 2 is 1.82 bits per heavy atom. The van der Waals surface area contributed by atoms with Gasteiger partial charge in [0, 0.05) is 0 Å². The van der Waals surface area contributed by atoms with Crippen LogP contribution in [0.5, 0.6) is 5.75 Å². The highest BCUT2D eigenvalue weighted by Crippen LogP contribution is 2.21. The fourth-order valence-corrected chi connectivity index (χ4v) is 1.42. The minimum Gasteiger partial charge on any atom is -0.457 e. The lowest BCUT2D eigenvalue weighted by Crippen LogP contribution is -1.96. The van der Waals surface area contributed by atoms with Gasteiger partial charge in [-0.15, -0.1) is 0 Å². The average molecular weight is 228 g/mol. The standard InChI is InChI=1S/C16H20O/c1-6-7-16(13(4)5)17-15-10-8-14(9-11-15)12(2)3/h6-12H,1,4H2,2-3,5H3/b16-7+. The number of hydrogen-bond acceptors (Lipinski definition) is 1. The molecule has 0 amide bonds. The normalized spacial score (nSPS) is 11.4. The van der Waals surface area contributed by atoms with Crippen molar-refractivity contribution in [1.82, 2.24) is 0 Å². The maximum absolute atomic E-state index is 5.74. The Labute approximate surface area is 104 Å². The van der Waals surface area contributed by atoms with E-state index in [9.17, 15) is 0 Å². The summed E-state index contributed by atoms with van der Waals surface area (Å²) in [6.45, 7) is 13.8. The lowest BCUT2D eigenvalue weighted by molar-refractivity contribution is 0.436. The van der Waals surface area contributed by atoms with E-state index in [1.807, 2.05) is 25.1 Å². The van der Waals surface area contributed by atoms with Gasteiger partial charge in [0.05, 0.1) is 0 Å². The smallest absolute Gasteiger partial charge is 0.129 e. The van der Waals surface area contributed by atoms with E-state index in [1.54, 1.807) is 6.08 Å². The van der Waals surface area contributed by atoms with Gasteiger partial charge in [-0.25, -0.2) is 0 Å². The zero-order valence-corrected chi connectivity index (χ0v) is 10.9. The van der Waals surface area contributed by atoms with Crippen LogP contribution in [0.15, 0.2) is 60.9 Å². The van der Waals surface area contributed by atoms with Crippen LogP contribution in [0.3, 0.4) is 0 Å². The second kappa shape index (κ2) is 6.09. The van der Waals surface area contributed by atoms with Crippen molar-refractivity contribution in [2.45, 2.75) is 26.7 Å². The zero-order chi connectivity index (χ0) is 12.8. The topological polar surface area (TPSA) is 9.23 Å². The predicted octanol–water partition coefficient (Wildman–Crippen LogP) is 4.83. The quantitative estimate of drug-likeness (QED) is 0.518.